The first kappa shape index (κ1) is 24.6. The van der Waals surface area contributed by atoms with E-state index >= 15 is 0 Å². The van der Waals surface area contributed by atoms with E-state index in [1.54, 1.807) is 17.3 Å². The molecule has 0 spiro atoms. The van der Waals surface area contributed by atoms with Crippen molar-refractivity contribution in [3.63, 3.8) is 0 Å². The van der Waals surface area contributed by atoms with Crippen molar-refractivity contribution in [1.82, 2.24) is 20.1 Å². The Bertz CT molecular complexity index is 1300. The predicted molar refractivity (Wildman–Crippen MR) is 141 cm³/mol. The van der Waals surface area contributed by atoms with Crippen LogP contribution >= 0.6 is 0 Å². The van der Waals surface area contributed by atoms with Gasteiger partial charge in [0.25, 0.3) is 0 Å². The maximum atomic E-state index is 13.3. The Kier molecular flexibility index (Phi) is 7.07. The van der Waals surface area contributed by atoms with Gasteiger partial charge in [-0.1, -0.05) is 30.3 Å². The number of ether oxygens (including phenoxy) is 2. The summed E-state index contributed by atoms with van der Waals surface area (Å²) in [5.41, 5.74) is 2.95. The van der Waals surface area contributed by atoms with E-state index in [1.165, 1.54) is 0 Å². The normalized spacial score (nSPS) is 22.3. The Morgan fingerprint density at radius 2 is 1.76 bits per heavy atom. The van der Waals surface area contributed by atoms with Crippen molar-refractivity contribution in [1.29, 1.82) is 0 Å². The first-order chi connectivity index (χ1) is 18.6. The number of nitrogens with zero attached hydrogens (tertiary/aromatic N) is 3. The Hall–Kier alpha value is -3.75. The van der Waals surface area contributed by atoms with E-state index in [1.807, 2.05) is 54.6 Å². The zero-order valence-corrected chi connectivity index (χ0v) is 21.3. The van der Waals surface area contributed by atoms with Crippen LogP contribution in [-0.2, 0) is 33.9 Å². The molecule has 1 saturated carbocycles. The van der Waals surface area contributed by atoms with Gasteiger partial charge in [0.1, 0.15) is 11.5 Å². The van der Waals surface area contributed by atoms with Gasteiger partial charge in [-0.3, -0.25) is 19.5 Å². The summed E-state index contributed by atoms with van der Waals surface area (Å²) in [5, 5.41) is 3.20. The van der Waals surface area contributed by atoms with Gasteiger partial charge in [0.2, 0.25) is 11.8 Å². The van der Waals surface area contributed by atoms with Gasteiger partial charge < -0.3 is 19.7 Å². The highest BCUT2D eigenvalue weighted by Crippen LogP contribution is 2.30. The molecule has 2 amide bonds. The lowest BCUT2D eigenvalue weighted by Gasteiger charge is -2.25. The van der Waals surface area contributed by atoms with Gasteiger partial charge in [0.05, 0.1) is 31.7 Å². The second kappa shape index (κ2) is 10.9. The Labute approximate surface area is 222 Å². The fourth-order valence-electron chi connectivity index (χ4n) is 5.24. The van der Waals surface area contributed by atoms with Gasteiger partial charge >= 0.3 is 0 Å². The lowest BCUT2D eigenvalue weighted by molar-refractivity contribution is -0.130. The molecular formula is C30H32N4O4. The van der Waals surface area contributed by atoms with Crippen molar-refractivity contribution in [2.45, 2.75) is 50.6 Å². The van der Waals surface area contributed by atoms with E-state index < -0.39 is 0 Å². The fraction of sp³-hybridized carbons (Fsp3) is 0.367. The third-order valence-electron chi connectivity index (χ3n) is 7.34. The van der Waals surface area contributed by atoms with Crippen molar-refractivity contribution in [2.75, 3.05) is 19.6 Å². The number of pyridine rings is 1. The summed E-state index contributed by atoms with van der Waals surface area (Å²) in [6.07, 6.45) is 5.57. The van der Waals surface area contributed by atoms with Crippen LogP contribution in [0.2, 0.25) is 0 Å². The number of benzene rings is 2. The maximum Gasteiger partial charge on any atom is 0.234 e. The molecule has 6 rings (SSSR count). The average molecular weight is 513 g/mol. The van der Waals surface area contributed by atoms with Crippen LogP contribution in [0.4, 0.5) is 0 Å². The van der Waals surface area contributed by atoms with Crippen LogP contribution < -0.4 is 10.1 Å². The molecule has 1 aromatic heterocycles. The average Bonchev–Trinajstić information content (AvgIpc) is 3.69. The van der Waals surface area contributed by atoms with E-state index in [-0.39, 0.29) is 30.4 Å². The number of rotatable bonds is 3. The molecule has 3 heterocycles. The first-order valence-corrected chi connectivity index (χ1v) is 13.3. The smallest absolute Gasteiger partial charge is 0.234 e. The van der Waals surface area contributed by atoms with Crippen molar-refractivity contribution in [3.8, 4) is 11.5 Å². The van der Waals surface area contributed by atoms with Crippen LogP contribution in [0.5, 0.6) is 11.5 Å². The molecule has 1 N–H and O–H groups in total. The highest BCUT2D eigenvalue weighted by molar-refractivity contribution is 5.80. The quantitative estimate of drug-likeness (QED) is 0.580. The topological polar surface area (TPSA) is 84.0 Å². The number of aromatic nitrogens is 1. The van der Waals surface area contributed by atoms with E-state index in [0.717, 1.165) is 41.0 Å². The minimum atomic E-state index is -0.309. The number of hydrogen-bond acceptors (Lipinski definition) is 6. The molecule has 3 aliphatic rings. The molecule has 2 atom stereocenters. The summed E-state index contributed by atoms with van der Waals surface area (Å²) >= 11 is 0. The van der Waals surface area contributed by atoms with Gasteiger partial charge in [0.15, 0.2) is 0 Å². The second-order valence-corrected chi connectivity index (χ2v) is 10.4. The Morgan fingerprint density at radius 3 is 2.53 bits per heavy atom. The van der Waals surface area contributed by atoms with Crippen molar-refractivity contribution in [2.24, 2.45) is 0 Å². The Morgan fingerprint density at radius 1 is 0.974 bits per heavy atom. The molecule has 1 saturated heterocycles. The summed E-state index contributed by atoms with van der Waals surface area (Å²) in [6.45, 7) is 2.19. The number of amides is 2. The van der Waals surface area contributed by atoms with Crippen LogP contribution in [0.3, 0.4) is 0 Å². The van der Waals surface area contributed by atoms with Gasteiger partial charge in [0, 0.05) is 38.1 Å². The standard InChI is InChI=1S/C30H32N4O4/c35-29-19-33(24-9-10-24)16-22-4-1-7-25(12-22)38-26-8-2-5-23(13-26)20-37-28-18-34(17-27(28)32-29)30(36)14-21-6-3-11-31-15-21/h1-8,11-13,15,24,27-28H,9-10,14,16-20H2,(H,32,35)/t27-,28-/m0/s1. The second-order valence-electron chi connectivity index (χ2n) is 10.4. The molecule has 0 unspecified atom stereocenters. The number of likely N-dealkylation sites (tertiary alicyclic amines) is 1. The third kappa shape index (κ3) is 6.03. The fourth-order valence-corrected chi connectivity index (χ4v) is 5.24. The summed E-state index contributed by atoms with van der Waals surface area (Å²) in [5.74, 6) is 1.48. The number of carbonyl (C=O) groups excluding carboxylic acids is 2. The minimum Gasteiger partial charge on any atom is -0.457 e. The Balaban J connectivity index is 1.23. The zero-order valence-electron chi connectivity index (χ0n) is 21.3. The SMILES string of the molecule is O=C1CN(C2CC2)Cc2cccc(c2)Oc2cccc(c2)CO[C@H]2CN(C(=O)Cc3cccnc3)C[C@@H]2N1. The van der Waals surface area contributed by atoms with Crippen molar-refractivity contribution >= 4 is 11.8 Å². The first-order valence-electron chi connectivity index (χ1n) is 13.3. The van der Waals surface area contributed by atoms with E-state index in [9.17, 15) is 9.59 Å². The third-order valence-corrected chi connectivity index (χ3v) is 7.34. The van der Waals surface area contributed by atoms with Crippen LogP contribution in [0, 0.1) is 0 Å². The molecule has 2 fully saturated rings. The molecule has 2 aliphatic heterocycles. The molecule has 8 nitrogen and oxygen atoms in total. The lowest BCUT2D eigenvalue weighted by Crippen LogP contribution is -2.48. The van der Waals surface area contributed by atoms with E-state index in [0.29, 0.717) is 38.8 Å². The number of hydrogen-bond donors (Lipinski definition) is 1. The highest BCUT2D eigenvalue weighted by Gasteiger charge is 2.38. The monoisotopic (exact) mass is 512 g/mol. The van der Waals surface area contributed by atoms with Crippen LogP contribution in [-0.4, -0.2) is 64.4 Å². The largest absolute Gasteiger partial charge is 0.457 e. The lowest BCUT2D eigenvalue weighted by atomic mass is 10.1. The van der Waals surface area contributed by atoms with Crippen LogP contribution in [0.25, 0.3) is 0 Å². The van der Waals surface area contributed by atoms with Crippen molar-refractivity contribution < 1.29 is 19.1 Å². The van der Waals surface area contributed by atoms with E-state index in [4.69, 9.17) is 9.47 Å². The molecule has 0 radical (unpaired) electrons. The molecule has 2 aromatic carbocycles. The number of fused-ring (bicyclic) bond motifs is 5. The zero-order chi connectivity index (χ0) is 25.9. The summed E-state index contributed by atoms with van der Waals surface area (Å²) in [7, 11) is 0. The molecule has 4 bridgehead atoms. The predicted octanol–water partition coefficient (Wildman–Crippen LogP) is 3.31. The minimum absolute atomic E-state index is 0.00326. The molecule has 3 aromatic rings. The van der Waals surface area contributed by atoms with Gasteiger partial charge in [-0.15, -0.1) is 0 Å². The summed E-state index contributed by atoms with van der Waals surface area (Å²) in [4.78, 5) is 34.5. The molecule has 196 valence electrons. The maximum absolute atomic E-state index is 13.3. The summed E-state index contributed by atoms with van der Waals surface area (Å²) < 4.78 is 12.5. The molecule has 38 heavy (non-hydrogen) atoms. The summed E-state index contributed by atoms with van der Waals surface area (Å²) in [6, 6.07) is 19.8. The molecule has 8 heteroatoms. The van der Waals surface area contributed by atoms with E-state index in [2.05, 4.69) is 21.3 Å². The highest BCUT2D eigenvalue weighted by atomic mass is 16.5. The van der Waals surface area contributed by atoms with Crippen LogP contribution in [0.15, 0.2) is 73.1 Å². The van der Waals surface area contributed by atoms with Crippen molar-refractivity contribution in [3.05, 3.63) is 89.7 Å². The number of nitrogens with one attached hydrogen (secondary N) is 1. The van der Waals surface area contributed by atoms with Crippen LogP contribution in [0.1, 0.15) is 29.5 Å². The number of carbonyl (C=O) groups is 2. The van der Waals surface area contributed by atoms with Gasteiger partial charge in [-0.2, -0.15) is 0 Å². The van der Waals surface area contributed by atoms with Gasteiger partial charge in [-0.25, -0.2) is 0 Å². The van der Waals surface area contributed by atoms with Gasteiger partial charge in [-0.05, 0) is 59.9 Å². The molecular weight excluding hydrogens is 480 g/mol. The molecule has 1 aliphatic carbocycles.